The van der Waals surface area contributed by atoms with Crippen molar-refractivity contribution in [2.45, 2.75) is 0 Å². The summed E-state index contributed by atoms with van der Waals surface area (Å²) in [6.07, 6.45) is 9.27. The smallest absolute Gasteiger partial charge is 0.216 e. The molecule has 0 unspecified atom stereocenters. The average molecular weight is 271 g/mol. The van der Waals surface area contributed by atoms with E-state index >= 15 is 0 Å². The molecule has 4 heteroatoms. The van der Waals surface area contributed by atoms with E-state index in [1.54, 1.807) is 31.5 Å². The van der Waals surface area contributed by atoms with Gasteiger partial charge < -0.3 is 9.47 Å². The van der Waals surface area contributed by atoms with Crippen molar-refractivity contribution >= 4 is 11.9 Å². The monoisotopic (exact) mass is 271 g/mol. The van der Waals surface area contributed by atoms with Crippen LogP contribution in [0.25, 0.3) is 6.08 Å². The fraction of sp³-hybridized carbons (Fsp3) is 0.125. The maximum absolute atomic E-state index is 11.9. The third-order valence-electron chi connectivity index (χ3n) is 2.52. The first kappa shape index (κ1) is 15.4. The van der Waals surface area contributed by atoms with Crippen LogP contribution in [0, 0.1) is 0 Å². The fourth-order valence-electron chi connectivity index (χ4n) is 1.48. The Morgan fingerprint density at radius 1 is 1.30 bits per heavy atom. The molecule has 0 aromatic carbocycles. The van der Waals surface area contributed by atoms with E-state index in [1.807, 2.05) is 0 Å². The Bertz CT molecular complexity index is 571. The van der Waals surface area contributed by atoms with Crippen LogP contribution in [0.4, 0.5) is 0 Å². The zero-order valence-electron chi connectivity index (χ0n) is 11.6. The molecule has 20 heavy (non-hydrogen) atoms. The topological polar surface area (TPSA) is 48.4 Å². The molecule has 1 aromatic rings. The molecular weight excluding hydrogens is 254 g/mol. The molecule has 0 aliphatic carbocycles. The fourth-order valence-corrected chi connectivity index (χ4v) is 1.48. The lowest BCUT2D eigenvalue weighted by Gasteiger charge is -2.06. The molecule has 0 aliphatic heterocycles. The molecule has 0 atom stereocenters. The van der Waals surface area contributed by atoms with Crippen LogP contribution in [0.2, 0.25) is 0 Å². The summed E-state index contributed by atoms with van der Waals surface area (Å²) < 4.78 is 10.2. The minimum absolute atomic E-state index is 0.169. The Balaban J connectivity index is 3.00. The van der Waals surface area contributed by atoms with E-state index in [4.69, 9.17) is 9.47 Å². The third kappa shape index (κ3) is 3.95. The van der Waals surface area contributed by atoms with Gasteiger partial charge in [0, 0.05) is 23.4 Å². The molecule has 0 radical (unpaired) electrons. The molecule has 0 aliphatic rings. The molecule has 0 saturated carbocycles. The van der Waals surface area contributed by atoms with E-state index in [1.165, 1.54) is 25.3 Å². The predicted molar refractivity (Wildman–Crippen MR) is 79.9 cm³/mol. The Kier molecular flexibility index (Phi) is 5.97. The molecule has 1 heterocycles. The number of hydrogen-bond acceptors (Lipinski definition) is 4. The van der Waals surface area contributed by atoms with Crippen LogP contribution in [-0.2, 0) is 4.79 Å². The molecule has 0 spiro atoms. The second-order valence-electron chi connectivity index (χ2n) is 3.73. The predicted octanol–water partition coefficient (Wildman–Crippen LogP) is 2.98. The summed E-state index contributed by atoms with van der Waals surface area (Å²) in [6, 6.07) is 1.65. The van der Waals surface area contributed by atoms with Crippen LogP contribution in [0.1, 0.15) is 5.56 Å². The van der Waals surface area contributed by atoms with Crippen LogP contribution in [0.3, 0.4) is 0 Å². The molecule has 1 aromatic heterocycles. The number of ketones is 1. The van der Waals surface area contributed by atoms with Gasteiger partial charge in [0.1, 0.15) is 5.75 Å². The van der Waals surface area contributed by atoms with Crippen LogP contribution >= 0.6 is 0 Å². The Morgan fingerprint density at radius 2 is 2.05 bits per heavy atom. The summed E-state index contributed by atoms with van der Waals surface area (Å²) >= 11 is 0. The number of hydrogen-bond donors (Lipinski definition) is 0. The first-order valence-electron chi connectivity index (χ1n) is 5.91. The minimum Gasteiger partial charge on any atom is -0.496 e. The van der Waals surface area contributed by atoms with E-state index < -0.39 is 0 Å². The molecule has 4 nitrogen and oxygen atoms in total. The first-order valence-corrected chi connectivity index (χ1v) is 5.91. The maximum atomic E-state index is 11.9. The second kappa shape index (κ2) is 7.74. The van der Waals surface area contributed by atoms with Gasteiger partial charge in [0.25, 0.3) is 0 Å². The molecule has 0 amide bonds. The van der Waals surface area contributed by atoms with Gasteiger partial charge in [0.2, 0.25) is 5.88 Å². The van der Waals surface area contributed by atoms with Crippen molar-refractivity contribution in [1.82, 2.24) is 4.98 Å². The highest BCUT2D eigenvalue weighted by atomic mass is 16.5. The van der Waals surface area contributed by atoms with Gasteiger partial charge in [-0.1, -0.05) is 31.4 Å². The van der Waals surface area contributed by atoms with E-state index in [9.17, 15) is 4.79 Å². The number of nitrogens with zero attached hydrogens (tertiary/aromatic N) is 1. The van der Waals surface area contributed by atoms with E-state index in [-0.39, 0.29) is 5.78 Å². The number of carbonyl (C=O) groups excluding carboxylic acids is 1. The summed E-state index contributed by atoms with van der Waals surface area (Å²) in [5.74, 6) is 0.857. The van der Waals surface area contributed by atoms with Gasteiger partial charge in [-0.15, -0.1) is 0 Å². The number of methoxy groups -OCH3 is 2. The number of pyridine rings is 1. The van der Waals surface area contributed by atoms with Gasteiger partial charge in [-0.2, -0.15) is 0 Å². The first-order chi connectivity index (χ1) is 9.65. The van der Waals surface area contributed by atoms with Crippen molar-refractivity contribution in [3.8, 4) is 11.6 Å². The van der Waals surface area contributed by atoms with Crippen molar-refractivity contribution in [2.75, 3.05) is 14.2 Å². The molecule has 0 N–H and O–H groups in total. The molecule has 0 fully saturated rings. The van der Waals surface area contributed by atoms with Crippen molar-refractivity contribution in [1.29, 1.82) is 0 Å². The molecule has 0 saturated heterocycles. The summed E-state index contributed by atoms with van der Waals surface area (Å²) in [6.45, 7) is 7.14. The third-order valence-corrected chi connectivity index (χ3v) is 2.52. The van der Waals surface area contributed by atoms with Gasteiger partial charge in [0.15, 0.2) is 5.78 Å². The lowest BCUT2D eigenvalue weighted by Crippen LogP contribution is -1.96. The van der Waals surface area contributed by atoms with Gasteiger partial charge in [-0.05, 0) is 12.2 Å². The molecule has 104 valence electrons. The van der Waals surface area contributed by atoms with Gasteiger partial charge in [0.05, 0.1) is 14.2 Å². The van der Waals surface area contributed by atoms with Crippen molar-refractivity contribution < 1.29 is 14.3 Å². The normalized spacial score (nSPS) is 11.2. The number of allylic oxidation sites excluding steroid dienone is 5. The minimum atomic E-state index is -0.169. The number of ether oxygens (including phenoxy) is 2. The van der Waals surface area contributed by atoms with Crippen molar-refractivity contribution in [3.05, 3.63) is 60.9 Å². The summed E-state index contributed by atoms with van der Waals surface area (Å²) in [7, 11) is 3.07. The van der Waals surface area contributed by atoms with Crippen molar-refractivity contribution in [2.24, 2.45) is 0 Å². The van der Waals surface area contributed by atoms with Crippen LogP contribution < -0.4 is 9.47 Å². The quantitative estimate of drug-likeness (QED) is 0.565. The Morgan fingerprint density at radius 3 is 2.60 bits per heavy atom. The highest BCUT2D eigenvalue weighted by Crippen LogP contribution is 2.23. The van der Waals surface area contributed by atoms with Crippen LogP contribution in [0.5, 0.6) is 11.6 Å². The number of carbonyl (C=O) groups is 1. The maximum Gasteiger partial charge on any atom is 0.216 e. The SMILES string of the molecule is C=C/C=C(\C=C)C(=O)/C=C/c1cnc(OC)cc1OC. The van der Waals surface area contributed by atoms with Gasteiger partial charge in [-0.25, -0.2) is 4.98 Å². The highest BCUT2D eigenvalue weighted by molar-refractivity contribution is 6.08. The second-order valence-corrected chi connectivity index (χ2v) is 3.73. The van der Waals surface area contributed by atoms with Gasteiger partial charge in [-0.3, -0.25) is 4.79 Å². The summed E-state index contributed by atoms with van der Waals surface area (Å²) in [5.41, 5.74) is 1.15. The Labute approximate surface area is 118 Å². The molecule has 1 rings (SSSR count). The van der Waals surface area contributed by atoms with Gasteiger partial charge >= 0.3 is 0 Å². The lowest BCUT2D eigenvalue weighted by molar-refractivity contribution is -0.111. The zero-order valence-corrected chi connectivity index (χ0v) is 11.6. The standard InChI is InChI=1S/C16H17NO3/c1-5-7-12(6-2)14(18)9-8-13-11-17-16(20-4)10-15(13)19-3/h5-11H,1-2H2,3-4H3/b9-8+,12-7+. The van der Waals surface area contributed by atoms with Crippen molar-refractivity contribution in [3.63, 3.8) is 0 Å². The molecular formula is C16H17NO3. The zero-order chi connectivity index (χ0) is 15.0. The average Bonchev–Trinajstić information content (AvgIpc) is 2.49. The highest BCUT2D eigenvalue weighted by Gasteiger charge is 2.05. The lowest BCUT2D eigenvalue weighted by atomic mass is 10.1. The largest absolute Gasteiger partial charge is 0.496 e. The molecule has 0 bridgehead atoms. The van der Waals surface area contributed by atoms with E-state index in [0.717, 1.165) is 0 Å². The van der Waals surface area contributed by atoms with E-state index in [0.29, 0.717) is 22.8 Å². The Hall–Kier alpha value is -2.62. The number of aromatic nitrogens is 1. The summed E-state index contributed by atoms with van der Waals surface area (Å²) in [4.78, 5) is 16.0. The van der Waals surface area contributed by atoms with Crippen LogP contribution in [0.15, 0.2) is 55.3 Å². The van der Waals surface area contributed by atoms with E-state index in [2.05, 4.69) is 18.1 Å². The number of rotatable bonds is 7. The summed E-state index contributed by atoms with van der Waals surface area (Å²) in [5, 5.41) is 0. The van der Waals surface area contributed by atoms with Crippen LogP contribution in [-0.4, -0.2) is 25.0 Å².